The van der Waals surface area contributed by atoms with Gasteiger partial charge in [0.1, 0.15) is 18.2 Å². The zero-order valence-electron chi connectivity index (χ0n) is 17.8. The fraction of sp³-hybridized carbons (Fsp3) is 0.450. The van der Waals surface area contributed by atoms with Crippen molar-refractivity contribution in [3.8, 4) is 11.6 Å². The number of hydroxylamine groups is 2. The summed E-state index contributed by atoms with van der Waals surface area (Å²) in [6, 6.07) is 5.25. The van der Waals surface area contributed by atoms with Crippen LogP contribution < -0.4 is 14.8 Å². The minimum atomic E-state index is -4.88. The number of ether oxygens (including phenoxy) is 3. The van der Waals surface area contributed by atoms with Gasteiger partial charge in [0.15, 0.2) is 5.75 Å². The summed E-state index contributed by atoms with van der Waals surface area (Å²) in [4.78, 5) is 24.8. The average molecular weight is 491 g/mol. The van der Waals surface area contributed by atoms with Crippen LogP contribution >= 0.6 is 11.6 Å². The van der Waals surface area contributed by atoms with Crippen LogP contribution in [0.15, 0.2) is 30.6 Å². The van der Waals surface area contributed by atoms with Gasteiger partial charge < -0.3 is 24.4 Å². The number of hydrogen-bond acceptors (Lipinski definition) is 9. The Morgan fingerprint density at radius 3 is 2.61 bits per heavy atom. The number of nitrogens with one attached hydrogen (secondary N) is 1. The SMILES string of the molecule is CC(C)OC(=O)ON1CCC(Oc2cc(Nc3ccc(Cl)cc3OC(F)(F)F)ncn2)CC1. The average Bonchev–Trinajstić information content (AvgIpc) is 2.70. The monoisotopic (exact) mass is 490 g/mol. The maximum atomic E-state index is 12.7. The summed E-state index contributed by atoms with van der Waals surface area (Å²) in [7, 11) is 0. The number of carbonyl (C=O) groups is 1. The molecule has 1 aliphatic rings. The fourth-order valence-electron chi connectivity index (χ4n) is 2.95. The largest absolute Gasteiger partial charge is 0.573 e. The van der Waals surface area contributed by atoms with Crippen LogP contribution in [0.4, 0.5) is 29.5 Å². The Morgan fingerprint density at radius 1 is 1.21 bits per heavy atom. The van der Waals surface area contributed by atoms with Gasteiger partial charge in [-0.1, -0.05) is 11.6 Å². The molecule has 1 saturated heterocycles. The third-order valence-electron chi connectivity index (χ3n) is 4.30. The molecule has 0 saturated carbocycles. The first-order chi connectivity index (χ1) is 15.6. The smallest absolute Gasteiger partial charge is 0.474 e. The van der Waals surface area contributed by atoms with Crippen molar-refractivity contribution in [2.24, 2.45) is 0 Å². The highest BCUT2D eigenvalue weighted by atomic mass is 35.5. The Hall–Kier alpha value is -2.99. The summed E-state index contributed by atoms with van der Waals surface area (Å²) in [6.45, 7) is 4.33. The van der Waals surface area contributed by atoms with Crippen LogP contribution in [0.2, 0.25) is 5.02 Å². The Bertz CT molecular complexity index is 956. The molecule has 1 aromatic carbocycles. The fourth-order valence-corrected chi connectivity index (χ4v) is 3.11. The number of benzene rings is 1. The number of rotatable bonds is 7. The minimum Gasteiger partial charge on any atom is -0.474 e. The van der Waals surface area contributed by atoms with Crippen LogP contribution in [0.3, 0.4) is 0 Å². The van der Waals surface area contributed by atoms with Gasteiger partial charge in [-0.2, -0.15) is 0 Å². The van der Waals surface area contributed by atoms with Gasteiger partial charge in [0, 0.05) is 43.1 Å². The summed E-state index contributed by atoms with van der Waals surface area (Å²) < 4.78 is 52.9. The molecule has 0 aliphatic carbocycles. The quantitative estimate of drug-likeness (QED) is 0.532. The van der Waals surface area contributed by atoms with Gasteiger partial charge in [0.05, 0.1) is 11.8 Å². The van der Waals surface area contributed by atoms with Gasteiger partial charge in [-0.25, -0.2) is 14.8 Å². The molecule has 3 rings (SSSR count). The van der Waals surface area contributed by atoms with E-state index < -0.39 is 18.3 Å². The molecule has 13 heteroatoms. The van der Waals surface area contributed by atoms with Crippen LogP contribution in [0.5, 0.6) is 11.6 Å². The standard InChI is InChI=1S/C20H22ClF3N4O5/c1-12(2)30-19(29)33-28-7-5-14(6-8-28)31-18-10-17(25-11-26-18)27-15-4-3-13(21)9-16(15)32-20(22,23)24/h3-4,9-12,14H,5-8H2,1-2H3,(H,25,26,27). The zero-order chi connectivity index (χ0) is 24.0. The molecule has 33 heavy (non-hydrogen) atoms. The number of nitrogens with zero attached hydrogens (tertiary/aromatic N) is 3. The van der Waals surface area contributed by atoms with Crippen LogP contribution in [0.1, 0.15) is 26.7 Å². The maximum Gasteiger partial charge on any atom is 0.573 e. The van der Waals surface area contributed by atoms with Crippen molar-refractivity contribution in [1.82, 2.24) is 15.0 Å². The zero-order valence-corrected chi connectivity index (χ0v) is 18.5. The number of hydrogen-bond donors (Lipinski definition) is 1. The topological polar surface area (TPSA) is 95.0 Å². The lowest BCUT2D eigenvalue weighted by Crippen LogP contribution is -2.40. The van der Waals surface area contributed by atoms with E-state index in [9.17, 15) is 18.0 Å². The second-order valence-electron chi connectivity index (χ2n) is 7.31. The highest BCUT2D eigenvalue weighted by molar-refractivity contribution is 6.30. The molecule has 0 spiro atoms. The minimum absolute atomic E-state index is 0.0140. The van der Waals surface area contributed by atoms with E-state index in [1.54, 1.807) is 13.8 Å². The number of piperidine rings is 1. The first kappa shape index (κ1) is 24.6. The molecule has 0 unspecified atom stereocenters. The van der Waals surface area contributed by atoms with E-state index in [4.69, 9.17) is 25.9 Å². The van der Waals surface area contributed by atoms with E-state index in [0.29, 0.717) is 25.9 Å². The summed E-state index contributed by atoms with van der Waals surface area (Å²) in [6.07, 6.45) is -3.78. The van der Waals surface area contributed by atoms with Crippen LogP contribution in [0.25, 0.3) is 0 Å². The van der Waals surface area contributed by atoms with Gasteiger partial charge >= 0.3 is 12.5 Å². The van der Waals surface area contributed by atoms with Crippen molar-refractivity contribution < 1.29 is 37.0 Å². The molecule has 2 heterocycles. The third-order valence-corrected chi connectivity index (χ3v) is 4.53. The molecule has 180 valence electrons. The van der Waals surface area contributed by atoms with Crippen molar-refractivity contribution in [2.75, 3.05) is 18.4 Å². The van der Waals surface area contributed by atoms with Crippen LogP contribution in [-0.2, 0) is 9.57 Å². The molecule has 1 N–H and O–H groups in total. The van der Waals surface area contributed by atoms with Crippen molar-refractivity contribution >= 4 is 29.3 Å². The van der Waals surface area contributed by atoms with Crippen molar-refractivity contribution in [2.45, 2.75) is 45.3 Å². The maximum absolute atomic E-state index is 12.7. The molecular weight excluding hydrogens is 469 g/mol. The van der Waals surface area contributed by atoms with Crippen LogP contribution in [0, 0.1) is 0 Å². The van der Waals surface area contributed by atoms with Gasteiger partial charge in [0.2, 0.25) is 5.88 Å². The van der Waals surface area contributed by atoms with Crippen molar-refractivity contribution in [1.29, 1.82) is 0 Å². The Kier molecular flexibility index (Phi) is 8.03. The van der Waals surface area contributed by atoms with Crippen molar-refractivity contribution in [3.05, 3.63) is 35.6 Å². The Morgan fingerprint density at radius 2 is 1.94 bits per heavy atom. The lowest BCUT2D eigenvalue weighted by molar-refractivity contribution is -0.274. The second-order valence-corrected chi connectivity index (χ2v) is 7.75. The molecular formula is C20H22ClF3N4O5. The van der Waals surface area contributed by atoms with E-state index in [0.717, 1.165) is 6.07 Å². The first-order valence-electron chi connectivity index (χ1n) is 10.0. The normalized spacial score (nSPS) is 15.2. The molecule has 1 aromatic heterocycles. The molecule has 1 fully saturated rings. The highest BCUT2D eigenvalue weighted by Gasteiger charge is 2.32. The number of carbonyl (C=O) groups excluding carboxylic acids is 1. The number of halogens is 4. The molecule has 0 bridgehead atoms. The summed E-state index contributed by atoms with van der Waals surface area (Å²) in [5.74, 6) is -0.0654. The predicted octanol–water partition coefficient (Wildman–Crippen LogP) is 5.09. The van der Waals surface area contributed by atoms with Gasteiger partial charge in [-0.3, -0.25) is 0 Å². The lowest BCUT2D eigenvalue weighted by atomic mass is 10.1. The lowest BCUT2D eigenvalue weighted by Gasteiger charge is -2.30. The van der Waals surface area contributed by atoms with E-state index >= 15 is 0 Å². The predicted molar refractivity (Wildman–Crippen MR) is 111 cm³/mol. The van der Waals surface area contributed by atoms with Crippen molar-refractivity contribution in [3.63, 3.8) is 0 Å². The van der Waals surface area contributed by atoms with Gasteiger partial charge in [0.25, 0.3) is 0 Å². The second kappa shape index (κ2) is 10.8. The molecule has 0 atom stereocenters. The number of alkyl halides is 3. The van der Waals surface area contributed by atoms with Gasteiger partial charge in [-0.15, -0.1) is 18.2 Å². The first-order valence-corrected chi connectivity index (χ1v) is 10.4. The van der Waals surface area contributed by atoms with E-state index in [1.165, 1.54) is 29.6 Å². The summed E-state index contributed by atoms with van der Waals surface area (Å²) in [5.41, 5.74) is 0.0140. The summed E-state index contributed by atoms with van der Waals surface area (Å²) >= 11 is 5.78. The molecule has 0 radical (unpaired) electrons. The number of anilines is 2. The van der Waals surface area contributed by atoms with E-state index in [-0.39, 0.29) is 34.6 Å². The molecule has 2 aromatic rings. The van der Waals surface area contributed by atoms with E-state index in [1.807, 2.05) is 0 Å². The third kappa shape index (κ3) is 8.13. The van der Waals surface area contributed by atoms with E-state index in [2.05, 4.69) is 20.0 Å². The summed E-state index contributed by atoms with van der Waals surface area (Å²) in [5, 5.41) is 4.33. The van der Waals surface area contributed by atoms with Gasteiger partial charge in [-0.05, 0) is 26.0 Å². The number of aromatic nitrogens is 2. The molecule has 0 amide bonds. The highest BCUT2D eigenvalue weighted by Crippen LogP contribution is 2.34. The van der Waals surface area contributed by atoms with Crippen LogP contribution in [-0.4, -0.2) is 52.8 Å². The molecule has 9 nitrogen and oxygen atoms in total. The Labute approximate surface area is 192 Å². The Balaban J connectivity index is 1.58. The molecule has 1 aliphatic heterocycles.